The minimum Gasteiger partial charge on any atom is -0.446 e. The van der Waals surface area contributed by atoms with Crippen molar-refractivity contribution in [3.63, 3.8) is 0 Å². The summed E-state index contributed by atoms with van der Waals surface area (Å²) in [6, 6.07) is 1.91. The second kappa shape index (κ2) is 7.18. The topological polar surface area (TPSA) is 96.1 Å². The molecule has 2 aliphatic carbocycles. The van der Waals surface area contributed by atoms with Crippen LogP contribution in [-0.2, 0) is 9.53 Å². The first-order valence-corrected chi connectivity index (χ1v) is 8.75. The number of amides is 2. The molecule has 1 aromatic rings. The Morgan fingerprint density at radius 1 is 1.40 bits per heavy atom. The van der Waals surface area contributed by atoms with E-state index in [1.165, 1.54) is 0 Å². The maximum Gasteiger partial charge on any atom is 0.407 e. The second-order valence-electron chi connectivity index (χ2n) is 7.15. The molecule has 25 heavy (non-hydrogen) atoms. The van der Waals surface area contributed by atoms with Crippen LogP contribution >= 0.6 is 0 Å². The van der Waals surface area contributed by atoms with Crippen LogP contribution in [0.15, 0.2) is 6.07 Å². The molecule has 3 rings (SSSR count). The molecule has 0 aliphatic heterocycles. The Bertz CT molecular complexity index is 691. The van der Waals surface area contributed by atoms with Gasteiger partial charge in [0.05, 0.1) is 5.92 Å². The summed E-state index contributed by atoms with van der Waals surface area (Å²) in [5, 5.41) is 12.7. The average molecular weight is 344 g/mol. The number of nitrogens with one attached hydrogen (secondary N) is 3. The lowest BCUT2D eigenvalue weighted by atomic mass is 10.0. The summed E-state index contributed by atoms with van der Waals surface area (Å²) in [6.45, 7) is 3.79. The standard InChI is InChI=1S/C18H24N4O3/c1-4-11-8-14(11)17(23)20-16-9-15(21-22-16)12-5-6-13(7-12)25-18(24)19-10(2)3/h1,9-14H,5-8H2,2-3H3,(H,19,24)(H2,20,21,22,23)/t11-,12+,13-,14-/m0/s1. The predicted octanol–water partition coefficient (Wildman–Crippen LogP) is 2.39. The van der Waals surface area contributed by atoms with E-state index in [1.807, 2.05) is 19.9 Å². The number of anilines is 1. The SMILES string of the molecule is C#C[C@H]1C[C@@H]1C(=O)Nc1cc([C@@H]2CC[C@H](OC(=O)NC(C)C)C2)[nH]n1. The summed E-state index contributed by atoms with van der Waals surface area (Å²) < 4.78 is 5.44. The first-order valence-electron chi connectivity index (χ1n) is 8.75. The molecule has 0 spiro atoms. The number of nitrogens with zero attached hydrogens (tertiary/aromatic N) is 1. The zero-order chi connectivity index (χ0) is 18.0. The van der Waals surface area contributed by atoms with Crippen molar-refractivity contribution in [2.45, 2.75) is 57.6 Å². The Morgan fingerprint density at radius 3 is 2.88 bits per heavy atom. The van der Waals surface area contributed by atoms with Gasteiger partial charge in [-0.25, -0.2) is 4.79 Å². The maximum absolute atomic E-state index is 12.0. The molecule has 7 nitrogen and oxygen atoms in total. The van der Waals surface area contributed by atoms with Crippen molar-refractivity contribution in [2.24, 2.45) is 11.8 Å². The lowest BCUT2D eigenvalue weighted by Crippen LogP contribution is -2.33. The number of carbonyl (C=O) groups excluding carboxylic acids is 2. The average Bonchev–Trinajstić information content (AvgIpc) is 2.96. The predicted molar refractivity (Wildman–Crippen MR) is 92.8 cm³/mol. The Labute approximate surface area is 147 Å². The fourth-order valence-electron chi connectivity index (χ4n) is 3.25. The van der Waals surface area contributed by atoms with Gasteiger partial charge in [0, 0.05) is 29.6 Å². The van der Waals surface area contributed by atoms with Crippen LogP contribution < -0.4 is 10.6 Å². The molecule has 1 heterocycles. The van der Waals surface area contributed by atoms with Crippen LogP contribution in [-0.4, -0.2) is 34.3 Å². The first-order chi connectivity index (χ1) is 12.0. The van der Waals surface area contributed by atoms with Gasteiger partial charge in [0.1, 0.15) is 6.10 Å². The van der Waals surface area contributed by atoms with Crippen LogP contribution in [0.1, 0.15) is 51.1 Å². The van der Waals surface area contributed by atoms with E-state index in [9.17, 15) is 9.59 Å². The van der Waals surface area contributed by atoms with E-state index in [0.717, 1.165) is 31.4 Å². The molecule has 3 N–H and O–H groups in total. The lowest BCUT2D eigenvalue weighted by Gasteiger charge is -2.14. The number of rotatable bonds is 5. The summed E-state index contributed by atoms with van der Waals surface area (Å²) in [6.07, 6.45) is 8.10. The van der Waals surface area contributed by atoms with Gasteiger partial charge >= 0.3 is 6.09 Å². The minimum absolute atomic E-state index is 0.0585. The van der Waals surface area contributed by atoms with Crippen molar-refractivity contribution < 1.29 is 14.3 Å². The van der Waals surface area contributed by atoms with E-state index in [-0.39, 0.29) is 41.9 Å². The molecule has 0 unspecified atom stereocenters. The molecular weight excluding hydrogens is 320 g/mol. The number of hydrogen-bond donors (Lipinski definition) is 3. The van der Waals surface area contributed by atoms with Gasteiger partial charge in [-0.3, -0.25) is 9.89 Å². The van der Waals surface area contributed by atoms with Crippen molar-refractivity contribution in [2.75, 3.05) is 5.32 Å². The molecule has 2 amide bonds. The number of ether oxygens (including phenoxy) is 1. The van der Waals surface area contributed by atoms with E-state index >= 15 is 0 Å². The van der Waals surface area contributed by atoms with Crippen molar-refractivity contribution >= 4 is 17.8 Å². The Kier molecular flexibility index (Phi) is 4.98. The number of terminal acetylenes is 1. The third-order valence-corrected chi connectivity index (χ3v) is 4.69. The summed E-state index contributed by atoms with van der Waals surface area (Å²) in [5.74, 6) is 3.26. The molecule has 0 aromatic carbocycles. The van der Waals surface area contributed by atoms with Crippen molar-refractivity contribution in [3.8, 4) is 12.3 Å². The van der Waals surface area contributed by atoms with Crippen LogP contribution in [0.3, 0.4) is 0 Å². The highest BCUT2D eigenvalue weighted by Gasteiger charge is 2.42. The fraction of sp³-hybridized carbons (Fsp3) is 0.611. The molecule has 2 saturated carbocycles. The lowest BCUT2D eigenvalue weighted by molar-refractivity contribution is -0.117. The van der Waals surface area contributed by atoms with Crippen molar-refractivity contribution in [1.82, 2.24) is 15.5 Å². The van der Waals surface area contributed by atoms with Gasteiger partial charge in [0.15, 0.2) is 5.82 Å². The van der Waals surface area contributed by atoms with Gasteiger partial charge < -0.3 is 15.4 Å². The molecule has 7 heteroatoms. The van der Waals surface area contributed by atoms with Crippen LogP contribution in [0.5, 0.6) is 0 Å². The van der Waals surface area contributed by atoms with Crippen LogP contribution in [0.2, 0.25) is 0 Å². The number of aromatic nitrogens is 2. The van der Waals surface area contributed by atoms with E-state index in [0.29, 0.717) is 5.82 Å². The Morgan fingerprint density at radius 2 is 2.20 bits per heavy atom. The summed E-state index contributed by atoms with van der Waals surface area (Å²) in [5.41, 5.74) is 0.954. The smallest absolute Gasteiger partial charge is 0.407 e. The largest absolute Gasteiger partial charge is 0.446 e. The summed E-state index contributed by atoms with van der Waals surface area (Å²) >= 11 is 0. The third kappa shape index (κ3) is 4.32. The van der Waals surface area contributed by atoms with Crippen LogP contribution in [0, 0.1) is 24.2 Å². The number of alkyl carbamates (subject to hydrolysis) is 1. The van der Waals surface area contributed by atoms with E-state index in [1.54, 1.807) is 0 Å². The van der Waals surface area contributed by atoms with Gasteiger partial charge in [-0.2, -0.15) is 5.10 Å². The second-order valence-corrected chi connectivity index (χ2v) is 7.15. The highest BCUT2D eigenvalue weighted by molar-refractivity contribution is 5.94. The summed E-state index contributed by atoms with van der Waals surface area (Å²) in [7, 11) is 0. The van der Waals surface area contributed by atoms with Crippen molar-refractivity contribution in [1.29, 1.82) is 0 Å². The molecule has 1 aromatic heterocycles. The maximum atomic E-state index is 12.0. The van der Waals surface area contributed by atoms with Crippen LogP contribution in [0.4, 0.5) is 10.6 Å². The van der Waals surface area contributed by atoms with E-state index < -0.39 is 0 Å². The molecular formula is C18H24N4O3. The molecule has 2 fully saturated rings. The van der Waals surface area contributed by atoms with Crippen LogP contribution in [0.25, 0.3) is 0 Å². The number of carbonyl (C=O) groups is 2. The molecule has 2 aliphatic rings. The number of hydrogen-bond acceptors (Lipinski definition) is 4. The fourth-order valence-corrected chi connectivity index (χ4v) is 3.25. The molecule has 4 atom stereocenters. The Balaban J connectivity index is 1.49. The zero-order valence-electron chi connectivity index (χ0n) is 14.5. The molecule has 134 valence electrons. The van der Waals surface area contributed by atoms with Gasteiger partial charge in [-0.1, -0.05) is 0 Å². The van der Waals surface area contributed by atoms with Gasteiger partial charge in [0.25, 0.3) is 0 Å². The van der Waals surface area contributed by atoms with E-state index in [2.05, 4.69) is 26.8 Å². The normalized spacial score (nSPS) is 27.6. The highest BCUT2D eigenvalue weighted by Crippen LogP contribution is 2.39. The molecule has 0 radical (unpaired) electrons. The first kappa shape index (κ1) is 17.3. The van der Waals surface area contributed by atoms with Gasteiger partial charge in [0.2, 0.25) is 5.91 Å². The zero-order valence-corrected chi connectivity index (χ0v) is 14.5. The minimum atomic E-state index is -0.370. The Hall–Kier alpha value is -2.49. The molecule has 0 bridgehead atoms. The van der Waals surface area contributed by atoms with Gasteiger partial charge in [-0.15, -0.1) is 12.3 Å². The third-order valence-electron chi connectivity index (χ3n) is 4.69. The molecule has 0 saturated heterocycles. The van der Waals surface area contributed by atoms with E-state index in [4.69, 9.17) is 11.2 Å². The quantitative estimate of drug-likeness (QED) is 0.715. The number of H-pyrrole nitrogens is 1. The van der Waals surface area contributed by atoms with Crippen molar-refractivity contribution in [3.05, 3.63) is 11.8 Å². The number of aromatic amines is 1. The monoisotopic (exact) mass is 344 g/mol. The highest BCUT2D eigenvalue weighted by atomic mass is 16.6. The summed E-state index contributed by atoms with van der Waals surface area (Å²) in [4.78, 5) is 23.7. The van der Waals surface area contributed by atoms with Gasteiger partial charge in [-0.05, 0) is 39.5 Å².